The molecule has 1 atom stereocenters. The van der Waals surface area contributed by atoms with Crippen LogP contribution in [-0.4, -0.2) is 122 Å². The van der Waals surface area contributed by atoms with Gasteiger partial charge in [-0.05, 0) is 104 Å². The maximum absolute atomic E-state index is 14.0. The molecule has 5 aromatic rings. The number of halogens is 2. The number of imide groups is 1. The topological polar surface area (TPSA) is 219 Å². The minimum Gasteiger partial charge on any atom is -0.385 e. The number of aromatic amines is 1. The van der Waals surface area contributed by atoms with Crippen molar-refractivity contribution in [2.75, 3.05) is 79.9 Å². The zero-order valence-electron chi connectivity index (χ0n) is 36.7. The molecule has 0 bridgehead atoms. The van der Waals surface area contributed by atoms with Crippen molar-refractivity contribution in [2.24, 2.45) is 0 Å². The first-order valence-electron chi connectivity index (χ1n) is 22.4. The quantitative estimate of drug-likeness (QED) is 0.0393. The highest BCUT2D eigenvalue weighted by Gasteiger charge is 2.29. The van der Waals surface area contributed by atoms with Gasteiger partial charge in [-0.3, -0.25) is 44.1 Å². The number of piperazine rings is 1. The van der Waals surface area contributed by atoms with Crippen LogP contribution in [0.4, 0.5) is 31.7 Å². The van der Waals surface area contributed by atoms with Crippen LogP contribution in [0.25, 0.3) is 10.9 Å². The van der Waals surface area contributed by atoms with Crippen molar-refractivity contribution >= 4 is 69.6 Å². The van der Waals surface area contributed by atoms with E-state index in [0.29, 0.717) is 111 Å². The predicted molar refractivity (Wildman–Crippen MR) is 247 cm³/mol. The van der Waals surface area contributed by atoms with Gasteiger partial charge in [0, 0.05) is 105 Å². The number of rotatable bonds is 17. The third-order valence-corrected chi connectivity index (χ3v) is 12.1. The lowest BCUT2D eigenvalue weighted by Gasteiger charge is -2.36. The average molecular weight is 919 g/mol. The standard InChI is InChI=1S/C48H52F2N10O7/c49-32-21-30(22-33(50)25-32)20-29-2-7-40-39(23-29)45(58-57-40)56-47(65)38-6-4-36(26-42(38)53-34-10-18-67-19-11-34)60-16-14-59(15-17-60)27-44(63)52-13-1-12-51-35-3-5-37(31(24-35)28-61)46(64)54-41-8-9-43(62)55-48(41)66/h2-7,21-26,28,34,41,51,53H,1,8-20,27H2,(H,52,63)(H,54,64)(H,55,62,66)(H2,56,57,58,65). The summed E-state index contributed by atoms with van der Waals surface area (Å²) in [4.78, 5) is 79.3. The lowest BCUT2D eigenvalue weighted by Crippen LogP contribution is -2.52. The number of carbonyl (C=O) groups is 6. The van der Waals surface area contributed by atoms with Gasteiger partial charge in [0.1, 0.15) is 17.7 Å². The lowest BCUT2D eigenvalue weighted by molar-refractivity contribution is -0.134. The van der Waals surface area contributed by atoms with Crippen LogP contribution in [0.3, 0.4) is 0 Å². The number of aldehydes is 1. The number of hydrogen-bond acceptors (Lipinski definition) is 12. The van der Waals surface area contributed by atoms with Gasteiger partial charge in [0.15, 0.2) is 12.1 Å². The highest BCUT2D eigenvalue weighted by atomic mass is 19.1. The number of piperidine rings is 1. The molecule has 3 aliphatic heterocycles. The number of ether oxygens (including phenoxy) is 1. The second-order valence-corrected chi connectivity index (χ2v) is 16.9. The van der Waals surface area contributed by atoms with Gasteiger partial charge in [-0.15, -0.1) is 0 Å². The number of H-pyrrole nitrogens is 1. The summed E-state index contributed by atoms with van der Waals surface area (Å²) in [6, 6.07) is 18.6. The zero-order valence-corrected chi connectivity index (χ0v) is 36.7. The van der Waals surface area contributed by atoms with Crippen molar-refractivity contribution < 1.29 is 42.3 Å². The van der Waals surface area contributed by atoms with Crippen molar-refractivity contribution in [3.63, 3.8) is 0 Å². The molecular formula is C48H52F2N10O7. The summed E-state index contributed by atoms with van der Waals surface area (Å²) in [5.74, 6) is -2.96. The molecule has 3 aliphatic rings. The first-order chi connectivity index (χ1) is 32.5. The number of carbonyl (C=O) groups excluding carboxylic acids is 6. The van der Waals surface area contributed by atoms with E-state index in [1.165, 1.54) is 18.2 Å². The summed E-state index contributed by atoms with van der Waals surface area (Å²) in [6.45, 7) is 5.06. The van der Waals surface area contributed by atoms with Crippen molar-refractivity contribution in [3.05, 3.63) is 112 Å². The Kier molecular flexibility index (Phi) is 14.8. The van der Waals surface area contributed by atoms with E-state index < -0.39 is 35.4 Å². The fourth-order valence-corrected chi connectivity index (χ4v) is 8.51. The maximum Gasteiger partial charge on any atom is 0.258 e. The smallest absolute Gasteiger partial charge is 0.258 e. The Labute approximate surface area is 384 Å². The molecule has 0 saturated carbocycles. The largest absolute Gasteiger partial charge is 0.385 e. The van der Waals surface area contributed by atoms with Gasteiger partial charge in [-0.2, -0.15) is 5.10 Å². The molecule has 1 unspecified atom stereocenters. The van der Waals surface area contributed by atoms with Crippen LogP contribution in [0.15, 0.2) is 72.8 Å². The molecule has 0 spiro atoms. The Hall–Kier alpha value is -7.25. The van der Waals surface area contributed by atoms with E-state index >= 15 is 0 Å². The van der Waals surface area contributed by atoms with Crippen LogP contribution in [-0.2, 0) is 25.5 Å². The highest BCUT2D eigenvalue weighted by Crippen LogP contribution is 2.30. The summed E-state index contributed by atoms with van der Waals surface area (Å²) in [5, 5.41) is 25.5. The van der Waals surface area contributed by atoms with Gasteiger partial charge >= 0.3 is 0 Å². The molecule has 0 radical (unpaired) electrons. The van der Waals surface area contributed by atoms with Gasteiger partial charge in [0.25, 0.3) is 11.8 Å². The Balaban J connectivity index is 0.813. The third kappa shape index (κ3) is 12.0. The van der Waals surface area contributed by atoms with Crippen molar-refractivity contribution in [3.8, 4) is 0 Å². The highest BCUT2D eigenvalue weighted by molar-refractivity contribution is 6.11. The van der Waals surface area contributed by atoms with E-state index in [1.54, 1.807) is 18.2 Å². The minimum absolute atomic E-state index is 0.0933. The molecule has 17 nitrogen and oxygen atoms in total. The van der Waals surface area contributed by atoms with Crippen LogP contribution in [0.5, 0.6) is 0 Å². The van der Waals surface area contributed by atoms with Crippen molar-refractivity contribution in [1.29, 1.82) is 0 Å². The third-order valence-electron chi connectivity index (χ3n) is 12.1. The molecule has 3 fully saturated rings. The summed E-state index contributed by atoms with van der Waals surface area (Å²) in [5.41, 5.74) is 4.92. The Morgan fingerprint density at radius 1 is 0.836 bits per heavy atom. The van der Waals surface area contributed by atoms with Crippen LogP contribution >= 0.6 is 0 Å². The van der Waals surface area contributed by atoms with Crippen LogP contribution in [0, 0.1) is 11.6 Å². The fourth-order valence-electron chi connectivity index (χ4n) is 8.51. The molecule has 8 rings (SSSR count). The van der Waals surface area contributed by atoms with E-state index in [1.807, 2.05) is 30.3 Å². The number of anilines is 4. The number of benzene rings is 4. The van der Waals surface area contributed by atoms with Crippen LogP contribution in [0.2, 0.25) is 0 Å². The minimum atomic E-state index is -0.860. The molecule has 5 amide bonds. The van der Waals surface area contributed by atoms with E-state index in [0.717, 1.165) is 30.2 Å². The molecule has 350 valence electrons. The molecule has 3 saturated heterocycles. The van der Waals surface area contributed by atoms with E-state index in [4.69, 9.17) is 4.74 Å². The SMILES string of the molecule is O=Cc1cc(NCCCNC(=O)CN2CCN(c3ccc(C(=O)Nc4n[nH]c5ccc(Cc6cc(F)cc(F)c6)cc45)c(NC4CCOCC4)c3)CC2)ccc1C(=O)NC1CCC(=O)NC1=O. The van der Waals surface area contributed by atoms with Crippen molar-refractivity contribution in [2.45, 2.75) is 50.6 Å². The predicted octanol–water partition coefficient (Wildman–Crippen LogP) is 4.36. The number of aromatic nitrogens is 2. The van der Waals surface area contributed by atoms with Gasteiger partial charge in [0.2, 0.25) is 17.7 Å². The number of nitrogens with one attached hydrogen (secondary N) is 7. The molecule has 67 heavy (non-hydrogen) atoms. The zero-order chi connectivity index (χ0) is 46.9. The second kappa shape index (κ2) is 21.4. The van der Waals surface area contributed by atoms with Crippen LogP contribution in [0.1, 0.15) is 74.3 Å². The normalized spacial score (nSPS) is 16.9. The van der Waals surface area contributed by atoms with E-state index in [2.05, 4.69) is 51.9 Å². The molecule has 0 aliphatic carbocycles. The number of hydrogen-bond donors (Lipinski definition) is 7. The van der Waals surface area contributed by atoms with Gasteiger partial charge in [-0.1, -0.05) is 6.07 Å². The maximum atomic E-state index is 14.0. The van der Waals surface area contributed by atoms with E-state index in [9.17, 15) is 37.5 Å². The average Bonchev–Trinajstić information content (AvgIpc) is 3.71. The van der Waals surface area contributed by atoms with Gasteiger partial charge < -0.3 is 36.2 Å². The summed E-state index contributed by atoms with van der Waals surface area (Å²) in [7, 11) is 0. The Morgan fingerprint density at radius 2 is 1.61 bits per heavy atom. The number of nitrogens with zero attached hydrogens (tertiary/aromatic N) is 3. The number of fused-ring (bicyclic) bond motifs is 1. The molecule has 4 heterocycles. The summed E-state index contributed by atoms with van der Waals surface area (Å²) < 4.78 is 33.3. The summed E-state index contributed by atoms with van der Waals surface area (Å²) >= 11 is 0. The first kappa shape index (κ1) is 46.3. The fraction of sp³-hybridized carbons (Fsp3) is 0.354. The van der Waals surface area contributed by atoms with Crippen LogP contribution < -0.4 is 36.8 Å². The Bertz CT molecular complexity index is 2640. The molecule has 19 heteroatoms. The summed E-state index contributed by atoms with van der Waals surface area (Å²) in [6.07, 6.45) is 3.34. The van der Waals surface area contributed by atoms with Gasteiger partial charge in [-0.25, -0.2) is 8.78 Å². The molecule has 7 N–H and O–H groups in total. The van der Waals surface area contributed by atoms with Crippen molar-refractivity contribution in [1.82, 2.24) is 31.0 Å². The Morgan fingerprint density at radius 3 is 2.37 bits per heavy atom. The second-order valence-electron chi connectivity index (χ2n) is 16.9. The lowest BCUT2D eigenvalue weighted by atomic mass is 10.0. The molecule has 4 aromatic carbocycles. The first-order valence-corrected chi connectivity index (χ1v) is 22.4. The number of amides is 5. The van der Waals surface area contributed by atoms with E-state index in [-0.39, 0.29) is 48.4 Å². The molecule has 1 aromatic heterocycles. The monoisotopic (exact) mass is 918 g/mol. The molecular weight excluding hydrogens is 867 g/mol. The van der Waals surface area contributed by atoms with Gasteiger partial charge in [0.05, 0.1) is 17.6 Å².